The molecule has 1 N–H and O–H groups in total. The Bertz CT molecular complexity index is 956. The summed E-state index contributed by atoms with van der Waals surface area (Å²) in [5.74, 6) is 0.281. The van der Waals surface area contributed by atoms with Crippen molar-refractivity contribution in [2.75, 3.05) is 13.1 Å². The number of alkyl carbamates (subject to hydrolysis) is 1. The Morgan fingerprint density at radius 2 is 1.90 bits per heavy atom. The van der Waals surface area contributed by atoms with E-state index in [0.29, 0.717) is 19.6 Å². The zero-order chi connectivity index (χ0) is 20.4. The Labute approximate surface area is 169 Å². The van der Waals surface area contributed by atoms with Crippen LogP contribution in [0.3, 0.4) is 0 Å². The van der Waals surface area contributed by atoms with Crippen molar-refractivity contribution in [1.82, 2.24) is 14.8 Å². The average Bonchev–Trinajstić information content (AvgIpc) is 2.73. The predicted octanol–water partition coefficient (Wildman–Crippen LogP) is 2.11. The Morgan fingerprint density at radius 1 is 1.10 bits per heavy atom. The van der Waals surface area contributed by atoms with E-state index < -0.39 is 12.1 Å². The molecule has 2 aliphatic rings. The van der Waals surface area contributed by atoms with Gasteiger partial charge in [-0.1, -0.05) is 36.4 Å². The van der Waals surface area contributed by atoms with Crippen LogP contribution in [0.5, 0.6) is 0 Å². The summed E-state index contributed by atoms with van der Waals surface area (Å²) >= 11 is 0. The lowest BCUT2D eigenvalue weighted by molar-refractivity contribution is -0.135. The van der Waals surface area contributed by atoms with Gasteiger partial charge >= 0.3 is 6.09 Å². The summed E-state index contributed by atoms with van der Waals surface area (Å²) in [4.78, 5) is 38.9. The minimum Gasteiger partial charge on any atom is -0.445 e. The van der Waals surface area contributed by atoms with Gasteiger partial charge in [0.25, 0.3) is 5.56 Å². The highest BCUT2D eigenvalue weighted by Gasteiger charge is 2.37. The molecule has 0 spiro atoms. The normalized spacial score (nSPS) is 21.1. The highest BCUT2D eigenvalue weighted by atomic mass is 16.5. The van der Waals surface area contributed by atoms with E-state index in [2.05, 4.69) is 5.32 Å². The molecule has 1 unspecified atom stereocenters. The van der Waals surface area contributed by atoms with Crippen LogP contribution < -0.4 is 10.9 Å². The standard InChI is InChI=1S/C22H25N3O4/c1-15(23-22(28)29-14-16-6-3-2-4-7-16)21(27)24-11-17-10-18(13-24)19-8-5-9-20(26)25(19)12-17/h2-9,15,17-18H,10-14H2,1H3,(H,23,28)/t15?,17-,18+/m0/s1. The number of nitrogens with zero attached hydrogens (tertiary/aromatic N) is 2. The van der Waals surface area contributed by atoms with Gasteiger partial charge in [0.2, 0.25) is 5.91 Å². The maximum atomic E-state index is 12.9. The van der Waals surface area contributed by atoms with Crippen molar-refractivity contribution in [3.8, 4) is 0 Å². The van der Waals surface area contributed by atoms with Crippen molar-refractivity contribution < 1.29 is 14.3 Å². The van der Waals surface area contributed by atoms with Crippen molar-refractivity contribution in [2.45, 2.75) is 38.5 Å². The lowest BCUT2D eigenvalue weighted by Gasteiger charge is -2.43. The van der Waals surface area contributed by atoms with E-state index in [0.717, 1.165) is 17.7 Å². The maximum Gasteiger partial charge on any atom is 0.408 e. The monoisotopic (exact) mass is 395 g/mol. The molecule has 152 valence electrons. The van der Waals surface area contributed by atoms with Gasteiger partial charge < -0.3 is 19.5 Å². The summed E-state index contributed by atoms with van der Waals surface area (Å²) in [6.07, 6.45) is 0.373. The fraction of sp³-hybridized carbons (Fsp3) is 0.409. The highest BCUT2D eigenvalue weighted by molar-refractivity contribution is 5.85. The fourth-order valence-corrected chi connectivity index (χ4v) is 4.35. The number of carbonyl (C=O) groups is 2. The number of carbonyl (C=O) groups excluding carboxylic acids is 2. The van der Waals surface area contributed by atoms with Crippen LogP contribution in [0, 0.1) is 5.92 Å². The number of nitrogens with one attached hydrogen (secondary N) is 1. The van der Waals surface area contributed by atoms with Crippen LogP contribution in [0.1, 0.15) is 30.5 Å². The van der Waals surface area contributed by atoms with Crippen LogP contribution in [-0.4, -0.2) is 40.6 Å². The van der Waals surface area contributed by atoms with E-state index in [1.165, 1.54) is 0 Å². The molecule has 2 amide bonds. The minimum atomic E-state index is -0.671. The van der Waals surface area contributed by atoms with Gasteiger partial charge in [0, 0.05) is 37.3 Å². The van der Waals surface area contributed by atoms with E-state index in [-0.39, 0.29) is 29.9 Å². The lowest BCUT2D eigenvalue weighted by atomic mass is 9.83. The molecule has 0 saturated carbocycles. The lowest BCUT2D eigenvalue weighted by Crippen LogP contribution is -2.54. The molecule has 1 fully saturated rings. The van der Waals surface area contributed by atoms with Crippen molar-refractivity contribution in [1.29, 1.82) is 0 Å². The second-order valence-electron chi connectivity index (χ2n) is 7.87. The molecular formula is C22H25N3O4. The number of rotatable bonds is 4. The van der Waals surface area contributed by atoms with Gasteiger partial charge in [0.05, 0.1) is 0 Å². The van der Waals surface area contributed by atoms with E-state index in [1.54, 1.807) is 19.1 Å². The largest absolute Gasteiger partial charge is 0.445 e. The first-order valence-corrected chi connectivity index (χ1v) is 9.97. The third-order valence-corrected chi connectivity index (χ3v) is 5.71. The first-order chi connectivity index (χ1) is 14.0. The minimum absolute atomic E-state index is 0.0215. The fourth-order valence-electron chi connectivity index (χ4n) is 4.35. The van der Waals surface area contributed by atoms with Crippen molar-refractivity contribution in [3.63, 3.8) is 0 Å². The summed E-state index contributed by atoms with van der Waals surface area (Å²) in [6.45, 7) is 3.63. The van der Waals surface area contributed by atoms with Gasteiger partial charge in [-0.2, -0.15) is 0 Å². The average molecular weight is 395 g/mol. The van der Waals surface area contributed by atoms with Crippen molar-refractivity contribution in [3.05, 3.63) is 70.1 Å². The number of benzene rings is 1. The summed E-state index contributed by atoms with van der Waals surface area (Å²) in [7, 11) is 0. The molecule has 0 radical (unpaired) electrons. The zero-order valence-corrected chi connectivity index (χ0v) is 16.4. The number of piperidine rings is 1. The molecule has 2 aliphatic heterocycles. The highest BCUT2D eigenvalue weighted by Crippen LogP contribution is 2.35. The SMILES string of the molecule is CC(NC(=O)OCc1ccccc1)C(=O)N1C[C@@H]2C[C@H](C1)c1cccc(=O)n1C2. The predicted molar refractivity (Wildman–Crippen MR) is 107 cm³/mol. The van der Waals surface area contributed by atoms with Gasteiger partial charge in [0.1, 0.15) is 12.6 Å². The molecule has 4 rings (SSSR count). The van der Waals surface area contributed by atoms with Crippen LogP contribution in [0.25, 0.3) is 0 Å². The smallest absolute Gasteiger partial charge is 0.408 e. The van der Waals surface area contributed by atoms with E-state index in [1.807, 2.05) is 45.9 Å². The number of hydrogen-bond acceptors (Lipinski definition) is 4. The number of ether oxygens (including phenoxy) is 1. The third kappa shape index (κ3) is 4.18. The van der Waals surface area contributed by atoms with Crippen LogP contribution in [0.4, 0.5) is 4.79 Å². The number of hydrogen-bond donors (Lipinski definition) is 1. The van der Waals surface area contributed by atoms with E-state index in [4.69, 9.17) is 4.74 Å². The van der Waals surface area contributed by atoms with Crippen LogP contribution in [0.15, 0.2) is 53.3 Å². The molecule has 7 nitrogen and oxygen atoms in total. The Kier molecular flexibility index (Phi) is 5.38. The maximum absolute atomic E-state index is 12.9. The zero-order valence-electron chi connectivity index (χ0n) is 16.4. The number of aromatic nitrogens is 1. The van der Waals surface area contributed by atoms with E-state index >= 15 is 0 Å². The Morgan fingerprint density at radius 3 is 2.69 bits per heavy atom. The summed E-state index contributed by atoms with van der Waals surface area (Å²) in [5.41, 5.74) is 1.90. The molecule has 2 aromatic rings. The second-order valence-corrected chi connectivity index (χ2v) is 7.87. The van der Waals surface area contributed by atoms with Crippen LogP contribution in [0.2, 0.25) is 0 Å². The topological polar surface area (TPSA) is 80.6 Å². The van der Waals surface area contributed by atoms with Crippen LogP contribution in [-0.2, 0) is 22.7 Å². The Hall–Kier alpha value is -3.09. The van der Waals surface area contributed by atoms with E-state index in [9.17, 15) is 14.4 Å². The second kappa shape index (κ2) is 8.11. The summed E-state index contributed by atoms with van der Waals surface area (Å²) in [5, 5.41) is 2.63. The number of likely N-dealkylation sites (tertiary alicyclic amines) is 1. The molecule has 1 saturated heterocycles. The summed E-state index contributed by atoms with van der Waals surface area (Å²) in [6, 6.07) is 14.1. The van der Waals surface area contributed by atoms with Gasteiger partial charge in [-0.25, -0.2) is 4.79 Å². The first-order valence-electron chi connectivity index (χ1n) is 9.97. The quantitative estimate of drug-likeness (QED) is 0.860. The first kappa shape index (κ1) is 19.2. The van der Waals surface area contributed by atoms with Gasteiger partial charge in [-0.3, -0.25) is 9.59 Å². The van der Waals surface area contributed by atoms with Crippen molar-refractivity contribution in [2.24, 2.45) is 5.92 Å². The third-order valence-electron chi connectivity index (χ3n) is 5.71. The van der Waals surface area contributed by atoms with Gasteiger partial charge in [-0.05, 0) is 30.9 Å². The number of fused-ring (bicyclic) bond motifs is 4. The van der Waals surface area contributed by atoms with Crippen molar-refractivity contribution >= 4 is 12.0 Å². The molecule has 1 aromatic heterocycles. The molecule has 2 bridgehead atoms. The molecule has 29 heavy (non-hydrogen) atoms. The molecule has 3 atom stereocenters. The molecular weight excluding hydrogens is 370 g/mol. The number of pyridine rings is 1. The molecule has 0 aliphatic carbocycles. The van der Waals surface area contributed by atoms with Crippen LogP contribution >= 0.6 is 0 Å². The van der Waals surface area contributed by atoms with Gasteiger partial charge in [-0.15, -0.1) is 0 Å². The molecule has 7 heteroatoms. The Balaban J connectivity index is 1.35. The number of amides is 2. The molecule has 3 heterocycles. The summed E-state index contributed by atoms with van der Waals surface area (Å²) < 4.78 is 7.05. The molecule has 1 aromatic carbocycles. The van der Waals surface area contributed by atoms with Gasteiger partial charge in [0.15, 0.2) is 0 Å².